The summed E-state index contributed by atoms with van der Waals surface area (Å²) in [4.78, 5) is 0. The normalized spacial score (nSPS) is 11.1. The van der Waals surface area contributed by atoms with Crippen molar-refractivity contribution in [3.63, 3.8) is 0 Å². The molecule has 2 aromatic rings. The van der Waals surface area contributed by atoms with Crippen LogP contribution in [0.2, 0.25) is 0 Å². The Balaban J connectivity index is 1.61. The standard InChI is InChI=1S/C27H40O2/c1-2-3-4-5-6-7-8-9-10-11-12-13-14-15-24-22-26(29)20-21-27(24)23-16-18-25(28)19-17-23/h16-22,28-29H,2-15H2,1H3. The van der Waals surface area contributed by atoms with E-state index in [2.05, 4.69) is 6.92 Å². The van der Waals surface area contributed by atoms with E-state index in [1.165, 1.54) is 82.6 Å². The fourth-order valence-corrected chi connectivity index (χ4v) is 4.04. The zero-order chi connectivity index (χ0) is 20.7. The lowest BCUT2D eigenvalue weighted by molar-refractivity contribution is 0.474. The molecule has 0 unspecified atom stereocenters. The second kappa shape index (κ2) is 14.1. The first-order valence-corrected chi connectivity index (χ1v) is 11.8. The molecule has 0 spiro atoms. The number of aromatic hydroxyl groups is 2. The number of phenols is 2. The number of rotatable bonds is 15. The van der Waals surface area contributed by atoms with E-state index < -0.39 is 0 Å². The van der Waals surface area contributed by atoms with Crippen molar-refractivity contribution >= 4 is 0 Å². The van der Waals surface area contributed by atoms with Crippen molar-refractivity contribution in [2.75, 3.05) is 0 Å². The van der Waals surface area contributed by atoms with E-state index in [9.17, 15) is 10.2 Å². The van der Waals surface area contributed by atoms with E-state index >= 15 is 0 Å². The highest BCUT2D eigenvalue weighted by Crippen LogP contribution is 2.29. The molecule has 0 aliphatic heterocycles. The maximum atomic E-state index is 9.89. The highest BCUT2D eigenvalue weighted by Gasteiger charge is 2.07. The molecule has 0 aliphatic rings. The van der Waals surface area contributed by atoms with Crippen molar-refractivity contribution in [3.8, 4) is 22.6 Å². The van der Waals surface area contributed by atoms with Gasteiger partial charge >= 0.3 is 0 Å². The summed E-state index contributed by atoms with van der Waals surface area (Å²) in [7, 11) is 0. The second-order valence-corrected chi connectivity index (χ2v) is 8.38. The number of phenolic OH excluding ortho intramolecular Hbond substituents is 2. The number of benzene rings is 2. The topological polar surface area (TPSA) is 40.5 Å². The molecule has 0 saturated carbocycles. The van der Waals surface area contributed by atoms with Crippen LogP contribution in [0.25, 0.3) is 11.1 Å². The van der Waals surface area contributed by atoms with E-state index in [4.69, 9.17) is 0 Å². The molecule has 0 fully saturated rings. The molecule has 0 heterocycles. The zero-order valence-corrected chi connectivity index (χ0v) is 18.3. The minimum absolute atomic E-state index is 0.283. The Hall–Kier alpha value is -1.96. The van der Waals surface area contributed by atoms with Crippen LogP contribution < -0.4 is 0 Å². The second-order valence-electron chi connectivity index (χ2n) is 8.38. The van der Waals surface area contributed by atoms with Gasteiger partial charge in [-0.25, -0.2) is 0 Å². The van der Waals surface area contributed by atoms with Crippen LogP contribution in [0.4, 0.5) is 0 Å². The van der Waals surface area contributed by atoms with Crippen LogP contribution in [0.1, 0.15) is 96.0 Å². The van der Waals surface area contributed by atoms with Gasteiger partial charge in [-0.05, 0) is 53.8 Å². The third-order valence-corrected chi connectivity index (χ3v) is 5.82. The number of hydrogen-bond acceptors (Lipinski definition) is 2. The number of aryl methyl sites for hydroxylation is 1. The Kier molecular flexibility index (Phi) is 11.3. The average molecular weight is 397 g/mol. The van der Waals surface area contributed by atoms with Crippen LogP contribution in [-0.2, 0) is 6.42 Å². The van der Waals surface area contributed by atoms with Crippen LogP contribution >= 0.6 is 0 Å². The average Bonchev–Trinajstić information content (AvgIpc) is 2.72. The van der Waals surface area contributed by atoms with Gasteiger partial charge in [0, 0.05) is 0 Å². The highest BCUT2D eigenvalue weighted by atomic mass is 16.3. The highest BCUT2D eigenvalue weighted by molar-refractivity contribution is 5.69. The summed E-state index contributed by atoms with van der Waals surface area (Å²) in [6, 6.07) is 12.9. The van der Waals surface area contributed by atoms with Gasteiger partial charge in [-0.2, -0.15) is 0 Å². The monoisotopic (exact) mass is 396 g/mol. The van der Waals surface area contributed by atoms with Crippen molar-refractivity contribution in [2.45, 2.75) is 96.8 Å². The van der Waals surface area contributed by atoms with Crippen molar-refractivity contribution in [1.82, 2.24) is 0 Å². The van der Waals surface area contributed by atoms with Gasteiger partial charge < -0.3 is 10.2 Å². The molecule has 0 aromatic heterocycles. The van der Waals surface area contributed by atoms with Crippen LogP contribution in [-0.4, -0.2) is 10.2 Å². The Morgan fingerprint density at radius 3 is 1.59 bits per heavy atom. The van der Waals surface area contributed by atoms with Crippen LogP contribution in [0, 0.1) is 0 Å². The Bertz CT molecular complexity index is 675. The number of unbranched alkanes of at least 4 members (excludes halogenated alkanes) is 12. The van der Waals surface area contributed by atoms with Gasteiger partial charge in [0.25, 0.3) is 0 Å². The lowest BCUT2D eigenvalue weighted by atomic mass is 9.95. The summed E-state index contributed by atoms with van der Waals surface area (Å²) in [6.07, 6.45) is 18.7. The van der Waals surface area contributed by atoms with Gasteiger partial charge in [0.15, 0.2) is 0 Å². The maximum absolute atomic E-state index is 9.89. The van der Waals surface area contributed by atoms with Gasteiger partial charge in [0.05, 0.1) is 0 Å². The van der Waals surface area contributed by atoms with Crippen molar-refractivity contribution in [1.29, 1.82) is 0 Å². The first-order chi connectivity index (χ1) is 14.2. The van der Waals surface area contributed by atoms with Crippen molar-refractivity contribution < 1.29 is 10.2 Å². The zero-order valence-electron chi connectivity index (χ0n) is 18.3. The largest absolute Gasteiger partial charge is 0.508 e. The first kappa shape index (κ1) is 23.3. The molecule has 0 atom stereocenters. The predicted molar refractivity (Wildman–Crippen MR) is 125 cm³/mol. The van der Waals surface area contributed by atoms with E-state index in [0.29, 0.717) is 5.75 Å². The van der Waals surface area contributed by atoms with Gasteiger partial charge in [-0.3, -0.25) is 0 Å². The molecule has 0 amide bonds. The lowest BCUT2D eigenvalue weighted by Gasteiger charge is -2.11. The molecule has 2 N–H and O–H groups in total. The predicted octanol–water partition coefficient (Wildman–Crippen LogP) is 8.40. The molecule has 0 bridgehead atoms. The molecule has 29 heavy (non-hydrogen) atoms. The molecule has 2 nitrogen and oxygen atoms in total. The van der Waals surface area contributed by atoms with E-state index in [1.807, 2.05) is 24.3 Å². The molecule has 2 aromatic carbocycles. The smallest absolute Gasteiger partial charge is 0.115 e. The quantitative estimate of drug-likeness (QED) is 0.297. The molecule has 160 valence electrons. The number of hydrogen-bond donors (Lipinski definition) is 2. The minimum atomic E-state index is 0.283. The summed E-state index contributed by atoms with van der Waals surface area (Å²) >= 11 is 0. The third-order valence-electron chi connectivity index (χ3n) is 5.82. The summed E-state index contributed by atoms with van der Waals surface area (Å²) in [6.45, 7) is 2.28. The Morgan fingerprint density at radius 1 is 0.552 bits per heavy atom. The maximum Gasteiger partial charge on any atom is 0.115 e. The third kappa shape index (κ3) is 9.39. The van der Waals surface area contributed by atoms with Crippen LogP contribution in [0.15, 0.2) is 42.5 Å². The van der Waals surface area contributed by atoms with Gasteiger partial charge in [-0.15, -0.1) is 0 Å². The Labute approximate surface area is 178 Å². The fraction of sp³-hybridized carbons (Fsp3) is 0.556. The molecule has 0 aliphatic carbocycles. The van der Waals surface area contributed by atoms with E-state index in [0.717, 1.165) is 24.0 Å². The fourth-order valence-electron chi connectivity index (χ4n) is 4.04. The summed E-state index contributed by atoms with van der Waals surface area (Å²) in [5, 5.41) is 19.4. The van der Waals surface area contributed by atoms with Crippen LogP contribution in [0.5, 0.6) is 11.5 Å². The summed E-state index contributed by atoms with van der Waals surface area (Å²) < 4.78 is 0. The SMILES string of the molecule is CCCCCCCCCCCCCCCc1cc(O)ccc1-c1ccc(O)cc1. The Morgan fingerprint density at radius 2 is 1.03 bits per heavy atom. The van der Waals surface area contributed by atoms with Crippen LogP contribution in [0.3, 0.4) is 0 Å². The summed E-state index contributed by atoms with van der Waals surface area (Å²) in [5.74, 6) is 0.614. The molecular weight excluding hydrogens is 356 g/mol. The van der Waals surface area contributed by atoms with Gasteiger partial charge in [-0.1, -0.05) is 102 Å². The van der Waals surface area contributed by atoms with Gasteiger partial charge in [0.2, 0.25) is 0 Å². The molecule has 2 rings (SSSR count). The first-order valence-electron chi connectivity index (χ1n) is 11.8. The molecular formula is C27H40O2. The van der Waals surface area contributed by atoms with E-state index in [1.54, 1.807) is 18.2 Å². The summed E-state index contributed by atoms with van der Waals surface area (Å²) in [5.41, 5.74) is 3.44. The van der Waals surface area contributed by atoms with E-state index in [-0.39, 0.29) is 5.75 Å². The molecule has 2 heteroatoms. The van der Waals surface area contributed by atoms with Crippen molar-refractivity contribution in [2.24, 2.45) is 0 Å². The minimum Gasteiger partial charge on any atom is -0.508 e. The lowest BCUT2D eigenvalue weighted by Crippen LogP contribution is -1.91. The molecule has 0 saturated heterocycles. The van der Waals surface area contributed by atoms with Gasteiger partial charge in [0.1, 0.15) is 11.5 Å². The van der Waals surface area contributed by atoms with Crippen molar-refractivity contribution in [3.05, 3.63) is 48.0 Å². The molecule has 0 radical (unpaired) electrons.